The predicted octanol–water partition coefficient (Wildman–Crippen LogP) is 4.51. The minimum absolute atomic E-state index is 0.500. The summed E-state index contributed by atoms with van der Waals surface area (Å²) in [4.78, 5) is 2.61. The lowest BCUT2D eigenvalue weighted by atomic mass is 9.85. The lowest BCUT2D eigenvalue weighted by Gasteiger charge is -2.27. The maximum atomic E-state index is 3.56. The molecule has 118 valence electrons. The van der Waals surface area contributed by atoms with Crippen molar-refractivity contribution in [2.75, 3.05) is 24.5 Å². The molecule has 1 aliphatic rings. The molecule has 1 aliphatic heterocycles. The molecule has 0 atom stereocenters. The molecular weight excluding hydrogens is 256 g/mol. The molecule has 0 spiro atoms. The second-order valence-electron chi connectivity index (χ2n) is 7.31. The fourth-order valence-corrected chi connectivity index (χ4v) is 3.23. The molecule has 1 saturated heterocycles. The first-order chi connectivity index (χ1) is 10.0. The molecule has 1 aromatic carbocycles. The minimum atomic E-state index is 0.500. The summed E-state index contributed by atoms with van der Waals surface area (Å²) >= 11 is 0. The average molecular weight is 288 g/mol. The smallest absolute Gasteiger partial charge is 0.0412 e. The predicted molar refractivity (Wildman–Crippen MR) is 93.0 cm³/mol. The van der Waals surface area contributed by atoms with E-state index in [0.29, 0.717) is 5.41 Å². The van der Waals surface area contributed by atoms with E-state index in [4.69, 9.17) is 0 Å². The molecule has 0 saturated carbocycles. The van der Waals surface area contributed by atoms with Crippen LogP contribution in [0.15, 0.2) is 18.2 Å². The van der Waals surface area contributed by atoms with E-state index < -0.39 is 0 Å². The van der Waals surface area contributed by atoms with Crippen molar-refractivity contribution >= 4 is 5.69 Å². The fourth-order valence-electron chi connectivity index (χ4n) is 3.23. The molecule has 0 aliphatic carbocycles. The van der Waals surface area contributed by atoms with E-state index in [0.717, 1.165) is 13.1 Å². The van der Waals surface area contributed by atoms with Gasteiger partial charge in [-0.1, -0.05) is 38.5 Å². The summed E-state index contributed by atoms with van der Waals surface area (Å²) in [5.74, 6) is 0. The average Bonchev–Trinajstić information content (AvgIpc) is 2.60. The van der Waals surface area contributed by atoms with Crippen molar-refractivity contribution in [2.45, 2.75) is 59.9 Å². The highest BCUT2D eigenvalue weighted by Gasteiger charge is 2.24. The Labute approximate surface area is 130 Å². The molecule has 1 fully saturated rings. The number of rotatable bonds is 5. The van der Waals surface area contributed by atoms with Gasteiger partial charge in [0, 0.05) is 25.3 Å². The molecule has 1 heterocycles. The number of hydrogen-bond donors (Lipinski definition) is 1. The first-order valence-electron chi connectivity index (χ1n) is 8.57. The Morgan fingerprint density at radius 2 is 2.00 bits per heavy atom. The highest BCUT2D eigenvalue weighted by atomic mass is 15.1. The van der Waals surface area contributed by atoms with Crippen LogP contribution in [0, 0.1) is 12.3 Å². The Hall–Kier alpha value is -1.02. The van der Waals surface area contributed by atoms with Gasteiger partial charge in [-0.15, -0.1) is 0 Å². The zero-order valence-electron chi connectivity index (χ0n) is 14.3. The maximum Gasteiger partial charge on any atom is 0.0412 e. The third kappa shape index (κ3) is 4.74. The molecular formula is C19H32N2. The largest absolute Gasteiger partial charge is 0.371 e. The fraction of sp³-hybridized carbons (Fsp3) is 0.684. The number of hydrogen-bond acceptors (Lipinski definition) is 2. The van der Waals surface area contributed by atoms with Gasteiger partial charge >= 0.3 is 0 Å². The van der Waals surface area contributed by atoms with Crippen molar-refractivity contribution in [3.8, 4) is 0 Å². The van der Waals surface area contributed by atoms with Crippen LogP contribution in [0.3, 0.4) is 0 Å². The normalized spacial score (nSPS) is 18.6. The molecule has 2 heteroatoms. The molecule has 1 aromatic rings. The highest BCUT2D eigenvalue weighted by molar-refractivity contribution is 5.55. The molecule has 0 unspecified atom stereocenters. The molecule has 0 amide bonds. The van der Waals surface area contributed by atoms with Gasteiger partial charge in [0.1, 0.15) is 0 Å². The van der Waals surface area contributed by atoms with Crippen LogP contribution in [-0.2, 0) is 6.54 Å². The Balaban J connectivity index is 2.13. The van der Waals surface area contributed by atoms with Gasteiger partial charge in [-0.05, 0) is 56.2 Å². The second kappa shape index (κ2) is 7.31. The van der Waals surface area contributed by atoms with Gasteiger partial charge in [-0.3, -0.25) is 0 Å². The maximum absolute atomic E-state index is 3.56. The number of nitrogens with one attached hydrogen (secondary N) is 1. The summed E-state index contributed by atoms with van der Waals surface area (Å²) in [6.07, 6.45) is 5.14. The standard InChI is InChI=1S/C19H32N2/c1-5-11-20-15-17-14-16(2)7-8-18(17)21-12-6-9-19(3,4)10-13-21/h7-8,14,20H,5-6,9-13,15H2,1-4H3. The van der Waals surface area contributed by atoms with Gasteiger partial charge in [-0.2, -0.15) is 0 Å². The molecule has 2 rings (SSSR count). The van der Waals surface area contributed by atoms with Gasteiger partial charge in [-0.25, -0.2) is 0 Å². The molecule has 21 heavy (non-hydrogen) atoms. The van der Waals surface area contributed by atoms with Crippen LogP contribution in [0.4, 0.5) is 5.69 Å². The third-order valence-corrected chi connectivity index (χ3v) is 4.66. The Morgan fingerprint density at radius 3 is 2.76 bits per heavy atom. The Kier molecular flexibility index (Phi) is 5.69. The number of benzene rings is 1. The first-order valence-corrected chi connectivity index (χ1v) is 8.57. The molecule has 0 radical (unpaired) electrons. The highest BCUT2D eigenvalue weighted by Crippen LogP contribution is 2.33. The summed E-state index contributed by atoms with van der Waals surface area (Å²) in [5, 5.41) is 3.56. The van der Waals surface area contributed by atoms with E-state index in [-0.39, 0.29) is 0 Å². The van der Waals surface area contributed by atoms with Crippen LogP contribution >= 0.6 is 0 Å². The van der Waals surface area contributed by atoms with Crippen molar-refractivity contribution in [1.29, 1.82) is 0 Å². The van der Waals surface area contributed by atoms with Gasteiger partial charge < -0.3 is 10.2 Å². The van der Waals surface area contributed by atoms with Crippen LogP contribution in [0.1, 0.15) is 57.6 Å². The van der Waals surface area contributed by atoms with E-state index in [1.165, 1.54) is 55.6 Å². The minimum Gasteiger partial charge on any atom is -0.371 e. The number of anilines is 1. The Morgan fingerprint density at radius 1 is 1.19 bits per heavy atom. The summed E-state index contributed by atoms with van der Waals surface area (Å²) in [6, 6.07) is 6.94. The van der Waals surface area contributed by atoms with Gasteiger partial charge in [0.25, 0.3) is 0 Å². The van der Waals surface area contributed by atoms with E-state index in [1.54, 1.807) is 0 Å². The lowest BCUT2D eigenvalue weighted by molar-refractivity contribution is 0.325. The monoisotopic (exact) mass is 288 g/mol. The van der Waals surface area contributed by atoms with Crippen molar-refractivity contribution in [3.63, 3.8) is 0 Å². The van der Waals surface area contributed by atoms with E-state index in [1.807, 2.05) is 0 Å². The van der Waals surface area contributed by atoms with Crippen molar-refractivity contribution in [3.05, 3.63) is 29.3 Å². The SMILES string of the molecule is CCCNCc1cc(C)ccc1N1CCCC(C)(C)CC1. The quantitative estimate of drug-likeness (QED) is 0.802. The van der Waals surface area contributed by atoms with Crippen molar-refractivity contribution < 1.29 is 0 Å². The van der Waals surface area contributed by atoms with Gasteiger partial charge in [0.05, 0.1) is 0 Å². The second-order valence-corrected chi connectivity index (χ2v) is 7.31. The van der Waals surface area contributed by atoms with Crippen LogP contribution in [0.5, 0.6) is 0 Å². The zero-order chi connectivity index (χ0) is 15.3. The Bertz CT molecular complexity index is 451. The molecule has 1 N–H and O–H groups in total. The number of nitrogens with zero attached hydrogens (tertiary/aromatic N) is 1. The zero-order valence-corrected chi connectivity index (χ0v) is 14.3. The molecule has 2 nitrogen and oxygen atoms in total. The van der Waals surface area contributed by atoms with E-state index in [9.17, 15) is 0 Å². The summed E-state index contributed by atoms with van der Waals surface area (Å²) in [5.41, 5.74) is 4.77. The van der Waals surface area contributed by atoms with Crippen LogP contribution in [-0.4, -0.2) is 19.6 Å². The first kappa shape index (κ1) is 16.4. The van der Waals surface area contributed by atoms with Gasteiger partial charge in [0.15, 0.2) is 0 Å². The molecule has 0 aromatic heterocycles. The topological polar surface area (TPSA) is 15.3 Å². The van der Waals surface area contributed by atoms with Crippen molar-refractivity contribution in [2.24, 2.45) is 5.41 Å². The summed E-state index contributed by atoms with van der Waals surface area (Å²) < 4.78 is 0. The lowest BCUT2D eigenvalue weighted by Crippen LogP contribution is -2.27. The van der Waals surface area contributed by atoms with E-state index in [2.05, 4.69) is 56.1 Å². The molecule has 0 bridgehead atoms. The van der Waals surface area contributed by atoms with Crippen LogP contribution < -0.4 is 10.2 Å². The third-order valence-electron chi connectivity index (χ3n) is 4.66. The van der Waals surface area contributed by atoms with Crippen LogP contribution in [0.2, 0.25) is 0 Å². The number of aryl methyl sites for hydroxylation is 1. The van der Waals surface area contributed by atoms with E-state index >= 15 is 0 Å². The summed E-state index contributed by atoms with van der Waals surface area (Å²) in [6.45, 7) is 13.7. The summed E-state index contributed by atoms with van der Waals surface area (Å²) in [7, 11) is 0. The van der Waals surface area contributed by atoms with Gasteiger partial charge in [0.2, 0.25) is 0 Å². The van der Waals surface area contributed by atoms with Crippen molar-refractivity contribution in [1.82, 2.24) is 5.32 Å². The van der Waals surface area contributed by atoms with Crippen LogP contribution in [0.25, 0.3) is 0 Å².